The number of rotatable bonds is 4. The van der Waals surface area contributed by atoms with Gasteiger partial charge in [-0.05, 0) is 44.1 Å². The fourth-order valence-corrected chi connectivity index (χ4v) is 2.94. The van der Waals surface area contributed by atoms with Crippen molar-refractivity contribution in [1.82, 2.24) is 20.3 Å². The van der Waals surface area contributed by atoms with E-state index in [4.69, 9.17) is 11.6 Å². The van der Waals surface area contributed by atoms with Gasteiger partial charge in [0.25, 0.3) is 5.91 Å². The summed E-state index contributed by atoms with van der Waals surface area (Å²) in [7, 11) is 0. The van der Waals surface area contributed by atoms with E-state index in [1.54, 1.807) is 29.1 Å². The molecule has 0 saturated carbocycles. The molecule has 0 unspecified atom stereocenters. The molecule has 1 aromatic heterocycles. The van der Waals surface area contributed by atoms with Crippen molar-refractivity contribution in [3.05, 3.63) is 35.1 Å². The van der Waals surface area contributed by atoms with Gasteiger partial charge >= 0.3 is 0 Å². The molecule has 2 amide bonds. The van der Waals surface area contributed by atoms with Crippen molar-refractivity contribution >= 4 is 34.8 Å². The highest BCUT2D eigenvalue weighted by atomic mass is 35.5. The largest absolute Gasteiger partial charge is 0.325 e. The van der Waals surface area contributed by atoms with Crippen molar-refractivity contribution in [3.63, 3.8) is 0 Å². The maximum Gasteiger partial charge on any atom is 0.277 e. The van der Waals surface area contributed by atoms with Gasteiger partial charge in [-0.25, -0.2) is 4.68 Å². The highest BCUT2D eigenvalue weighted by Gasteiger charge is 2.19. The number of carbonyl (C=O) groups excluding carboxylic acids is 2. The Labute approximate surface area is 149 Å². The second-order valence-electron chi connectivity index (χ2n) is 5.89. The average Bonchev–Trinajstić information content (AvgIpc) is 3.08. The van der Waals surface area contributed by atoms with E-state index in [9.17, 15) is 9.59 Å². The summed E-state index contributed by atoms with van der Waals surface area (Å²) in [5, 5.41) is 17.0. The Morgan fingerprint density at radius 2 is 2.04 bits per heavy atom. The lowest BCUT2D eigenvalue weighted by molar-refractivity contribution is -0.114. The third-order valence-corrected chi connectivity index (χ3v) is 4.28. The molecular weight excluding hydrogens is 344 g/mol. The van der Waals surface area contributed by atoms with Gasteiger partial charge in [0.15, 0.2) is 5.69 Å². The molecule has 0 spiro atoms. The van der Waals surface area contributed by atoms with Gasteiger partial charge in [-0.1, -0.05) is 16.8 Å². The van der Waals surface area contributed by atoms with Gasteiger partial charge in [-0.15, -0.1) is 5.10 Å². The minimum absolute atomic E-state index is 0.215. The fourth-order valence-electron chi connectivity index (χ4n) is 2.71. The van der Waals surface area contributed by atoms with Crippen LogP contribution in [-0.4, -0.2) is 39.9 Å². The van der Waals surface area contributed by atoms with Gasteiger partial charge in [0.2, 0.25) is 5.91 Å². The molecule has 0 aliphatic carbocycles. The van der Waals surface area contributed by atoms with E-state index in [2.05, 4.69) is 26.3 Å². The molecule has 25 heavy (non-hydrogen) atoms. The summed E-state index contributed by atoms with van der Waals surface area (Å²) in [6, 6.07) is 5.13. The zero-order valence-corrected chi connectivity index (χ0v) is 14.5. The first-order chi connectivity index (χ1) is 12.0. The number of hydrogen-bond acceptors (Lipinski definition) is 5. The molecular formula is C16H19ClN6O2. The smallest absolute Gasteiger partial charge is 0.277 e. The molecule has 8 nitrogen and oxygen atoms in total. The number of hydrogen-bond donors (Lipinski definition) is 3. The quantitative estimate of drug-likeness (QED) is 0.773. The second-order valence-corrected chi connectivity index (χ2v) is 6.30. The van der Waals surface area contributed by atoms with E-state index in [0.717, 1.165) is 25.9 Å². The maximum absolute atomic E-state index is 12.3. The van der Waals surface area contributed by atoms with Crippen LogP contribution in [0.25, 0.3) is 0 Å². The highest BCUT2D eigenvalue weighted by Crippen LogP contribution is 2.26. The lowest BCUT2D eigenvalue weighted by Crippen LogP contribution is -2.29. The number of nitrogens with one attached hydrogen (secondary N) is 3. The molecule has 0 atom stereocenters. The van der Waals surface area contributed by atoms with Crippen LogP contribution >= 0.6 is 11.6 Å². The van der Waals surface area contributed by atoms with Crippen LogP contribution in [0, 0.1) is 0 Å². The minimum atomic E-state index is -0.358. The van der Waals surface area contributed by atoms with Crippen molar-refractivity contribution in [2.75, 3.05) is 23.7 Å². The number of amides is 2. The summed E-state index contributed by atoms with van der Waals surface area (Å²) in [5.41, 5.74) is 1.25. The van der Waals surface area contributed by atoms with Crippen molar-refractivity contribution in [3.8, 4) is 0 Å². The summed E-state index contributed by atoms with van der Waals surface area (Å²) in [5.74, 6) is -0.572. The standard InChI is InChI=1S/C16H19ClN6O2/c1-10(24)19-14-3-2-11(8-13(14)17)20-16(25)15-9-23(22-21-15)12-4-6-18-7-5-12/h2-3,8-9,12,18H,4-7H2,1H3,(H,19,24)(H,20,25). The summed E-state index contributed by atoms with van der Waals surface area (Å²) in [4.78, 5) is 23.4. The number of halogens is 1. The third kappa shape index (κ3) is 4.34. The molecule has 1 saturated heterocycles. The summed E-state index contributed by atoms with van der Waals surface area (Å²) in [6.45, 7) is 3.27. The summed E-state index contributed by atoms with van der Waals surface area (Å²) < 4.78 is 1.75. The van der Waals surface area contributed by atoms with Gasteiger partial charge in [0, 0.05) is 12.6 Å². The second kappa shape index (κ2) is 7.62. The van der Waals surface area contributed by atoms with Crippen LogP contribution in [0.4, 0.5) is 11.4 Å². The summed E-state index contributed by atoms with van der Waals surface area (Å²) in [6.07, 6.45) is 3.59. The van der Waals surface area contributed by atoms with E-state index in [1.807, 2.05) is 0 Å². The molecule has 3 rings (SSSR count). The van der Waals surface area contributed by atoms with Gasteiger partial charge < -0.3 is 16.0 Å². The summed E-state index contributed by atoms with van der Waals surface area (Å²) >= 11 is 6.10. The average molecular weight is 363 g/mol. The van der Waals surface area contributed by atoms with Gasteiger partial charge in [0.05, 0.1) is 22.9 Å². The van der Waals surface area contributed by atoms with Crippen LogP contribution in [-0.2, 0) is 4.79 Å². The molecule has 3 N–H and O–H groups in total. The van der Waals surface area contributed by atoms with Crippen LogP contribution in [0.5, 0.6) is 0 Å². The first kappa shape index (κ1) is 17.4. The van der Waals surface area contributed by atoms with Crippen molar-refractivity contribution in [1.29, 1.82) is 0 Å². The fraction of sp³-hybridized carbons (Fsp3) is 0.375. The molecule has 1 aromatic carbocycles. The molecule has 0 bridgehead atoms. The molecule has 1 fully saturated rings. The topological polar surface area (TPSA) is 101 Å². The zero-order chi connectivity index (χ0) is 17.8. The number of piperidine rings is 1. The maximum atomic E-state index is 12.3. The van der Waals surface area contributed by atoms with Gasteiger partial charge in [-0.3, -0.25) is 9.59 Å². The highest BCUT2D eigenvalue weighted by molar-refractivity contribution is 6.34. The third-order valence-electron chi connectivity index (χ3n) is 3.96. The van der Waals surface area contributed by atoms with E-state index < -0.39 is 0 Å². The van der Waals surface area contributed by atoms with E-state index in [1.165, 1.54) is 6.92 Å². The number of carbonyl (C=O) groups is 2. The zero-order valence-electron chi connectivity index (χ0n) is 13.8. The first-order valence-corrected chi connectivity index (χ1v) is 8.42. The Balaban J connectivity index is 1.67. The first-order valence-electron chi connectivity index (χ1n) is 8.04. The number of anilines is 2. The van der Waals surface area contributed by atoms with E-state index in [0.29, 0.717) is 16.4 Å². The Hall–Kier alpha value is -2.45. The number of benzene rings is 1. The molecule has 2 aromatic rings. The van der Waals surface area contributed by atoms with E-state index >= 15 is 0 Å². The normalized spacial score (nSPS) is 15.0. The Bertz CT molecular complexity index is 785. The van der Waals surface area contributed by atoms with Crippen LogP contribution < -0.4 is 16.0 Å². The predicted octanol–water partition coefficient (Wildman–Crippen LogP) is 2.07. The number of nitrogens with zero attached hydrogens (tertiary/aromatic N) is 3. The van der Waals surface area contributed by atoms with Crippen molar-refractivity contribution < 1.29 is 9.59 Å². The Kier molecular flexibility index (Phi) is 5.30. The predicted molar refractivity (Wildman–Crippen MR) is 94.9 cm³/mol. The molecule has 1 aliphatic rings. The molecule has 132 valence electrons. The number of aromatic nitrogens is 3. The van der Waals surface area contributed by atoms with Crippen LogP contribution in [0.2, 0.25) is 5.02 Å². The SMILES string of the molecule is CC(=O)Nc1ccc(NC(=O)c2cn(C3CCNCC3)nn2)cc1Cl. The van der Waals surface area contributed by atoms with Crippen molar-refractivity contribution in [2.45, 2.75) is 25.8 Å². The van der Waals surface area contributed by atoms with Crippen LogP contribution in [0.15, 0.2) is 24.4 Å². The lowest BCUT2D eigenvalue weighted by atomic mass is 10.1. The minimum Gasteiger partial charge on any atom is -0.325 e. The Morgan fingerprint density at radius 3 is 2.72 bits per heavy atom. The Morgan fingerprint density at radius 1 is 1.28 bits per heavy atom. The van der Waals surface area contributed by atoms with Gasteiger partial charge in [0.1, 0.15) is 0 Å². The van der Waals surface area contributed by atoms with E-state index in [-0.39, 0.29) is 23.6 Å². The molecule has 0 radical (unpaired) electrons. The molecule has 9 heteroatoms. The van der Waals surface area contributed by atoms with Crippen LogP contribution in [0.1, 0.15) is 36.3 Å². The van der Waals surface area contributed by atoms with Crippen LogP contribution in [0.3, 0.4) is 0 Å². The monoisotopic (exact) mass is 362 g/mol. The van der Waals surface area contributed by atoms with Gasteiger partial charge in [-0.2, -0.15) is 0 Å². The molecule has 2 heterocycles. The van der Waals surface area contributed by atoms with Crippen molar-refractivity contribution in [2.24, 2.45) is 0 Å². The lowest BCUT2D eigenvalue weighted by Gasteiger charge is -2.22. The molecule has 1 aliphatic heterocycles.